The van der Waals surface area contributed by atoms with Crippen LogP contribution < -0.4 is 0 Å². The Kier molecular flexibility index (Phi) is 5.16. The van der Waals surface area contributed by atoms with Gasteiger partial charge in [-0.1, -0.05) is 48.5 Å². The van der Waals surface area contributed by atoms with Crippen molar-refractivity contribution in [2.24, 2.45) is 0 Å². The van der Waals surface area contributed by atoms with E-state index in [4.69, 9.17) is 3.63 Å². The van der Waals surface area contributed by atoms with E-state index in [0.29, 0.717) is 0 Å². The Morgan fingerprint density at radius 1 is 0.600 bits per heavy atom. The SMILES string of the molecule is c1ccc2nc(CSOSCc3ccc4ccccc4n3)ccc2c1. The third-order valence-electron chi connectivity index (χ3n) is 3.82. The predicted octanol–water partition coefficient (Wildman–Crippen LogP) is 5.80. The molecule has 3 nitrogen and oxygen atoms in total. The van der Waals surface area contributed by atoms with Crippen molar-refractivity contribution in [1.82, 2.24) is 9.97 Å². The van der Waals surface area contributed by atoms with Gasteiger partial charge in [-0.3, -0.25) is 9.97 Å². The molecule has 0 bridgehead atoms. The van der Waals surface area contributed by atoms with Gasteiger partial charge in [-0.2, -0.15) is 0 Å². The molecule has 0 atom stereocenters. The van der Waals surface area contributed by atoms with Crippen LogP contribution in [0.5, 0.6) is 0 Å². The molecule has 0 unspecified atom stereocenters. The molecule has 0 N–H and O–H groups in total. The molecule has 2 heterocycles. The van der Waals surface area contributed by atoms with Gasteiger partial charge in [0.25, 0.3) is 0 Å². The lowest BCUT2D eigenvalue weighted by atomic mass is 10.2. The summed E-state index contributed by atoms with van der Waals surface area (Å²) in [4.78, 5) is 9.29. The number of hydrogen-bond donors (Lipinski definition) is 0. The van der Waals surface area contributed by atoms with Gasteiger partial charge in [0, 0.05) is 34.9 Å². The quantitative estimate of drug-likeness (QED) is 0.319. The zero-order valence-electron chi connectivity index (χ0n) is 13.5. The Morgan fingerprint density at radius 2 is 1.08 bits per heavy atom. The number of benzene rings is 2. The minimum absolute atomic E-state index is 0.725. The van der Waals surface area contributed by atoms with Gasteiger partial charge in [0.15, 0.2) is 0 Å². The van der Waals surface area contributed by atoms with E-state index in [1.54, 1.807) is 0 Å². The Morgan fingerprint density at radius 3 is 1.60 bits per heavy atom. The molecule has 4 aromatic rings. The first-order valence-corrected chi connectivity index (χ1v) is 9.81. The molecule has 4 rings (SSSR count). The van der Waals surface area contributed by atoms with E-state index < -0.39 is 0 Å². The Bertz CT molecular complexity index is 925. The van der Waals surface area contributed by atoms with E-state index in [0.717, 1.165) is 44.7 Å². The molecule has 0 spiro atoms. The van der Waals surface area contributed by atoms with E-state index in [2.05, 4.69) is 34.2 Å². The van der Waals surface area contributed by atoms with Gasteiger partial charge >= 0.3 is 0 Å². The third kappa shape index (κ3) is 4.12. The van der Waals surface area contributed by atoms with E-state index in [1.807, 2.05) is 48.5 Å². The molecule has 0 aliphatic heterocycles. The predicted molar refractivity (Wildman–Crippen MR) is 107 cm³/mol. The van der Waals surface area contributed by atoms with Crippen LogP contribution in [0.15, 0.2) is 72.8 Å². The summed E-state index contributed by atoms with van der Waals surface area (Å²) in [6.07, 6.45) is 0. The number of nitrogens with zero attached hydrogens (tertiary/aromatic N) is 2. The molecular formula is C20H16N2OS2. The summed E-state index contributed by atoms with van der Waals surface area (Å²) in [6, 6.07) is 24.6. The Balaban J connectivity index is 1.28. The molecule has 5 heteroatoms. The van der Waals surface area contributed by atoms with Crippen LogP contribution in [0.25, 0.3) is 21.8 Å². The molecule has 0 aliphatic carbocycles. The van der Waals surface area contributed by atoms with Crippen LogP contribution in [0.2, 0.25) is 0 Å². The van der Waals surface area contributed by atoms with Crippen molar-refractivity contribution in [3.63, 3.8) is 0 Å². The number of rotatable bonds is 6. The van der Waals surface area contributed by atoms with Crippen molar-refractivity contribution in [2.75, 3.05) is 0 Å². The number of aromatic nitrogens is 2. The standard InChI is InChI=1S/C20H16N2OS2/c1-3-7-19-15(5-1)9-11-17(21-19)13-24-23-25-14-18-12-10-16-6-2-4-8-20(16)22-18/h1-12H,13-14H2. The van der Waals surface area contributed by atoms with E-state index in [-0.39, 0.29) is 0 Å². The second-order valence-electron chi connectivity index (χ2n) is 5.58. The number of pyridine rings is 2. The van der Waals surface area contributed by atoms with Crippen LogP contribution in [0.3, 0.4) is 0 Å². The number of para-hydroxylation sites is 2. The highest BCUT2D eigenvalue weighted by Gasteiger charge is 2.02. The summed E-state index contributed by atoms with van der Waals surface area (Å²) < 4.78 is 5.62. The van der Waals surface area contributed by atoms with E-state index in [9.17, 15) is 0 Å². The van der Waals surface area contributed by atoms with E-state index >= 15 is 0 Å². The van der Waals surface area contributed by atoms with Crippen LogP contribution in [0, 0.1) is 0 Å². The lowest BCUT2D eigenvalue weighted by Crippen LogP contribution is -1.89. The van der Waals surface area contributed by atoms with Gasteiger partial charge < -0.3 is 0 Å². The van der Waals surface area contributed by atoms with Crippen LogP contribution in [-0.2, 0) is 15.1 Å². The maximum absolute atomic E-state index is 5.62. The monoisotopic (exact) mass is 364 g/mol. The number of fused-ring (bicyclic) bond motifs is 2. The molecule has 2 aromatic heterocycles. The minimum Gasteiger partial charge on any atom is -0.252 e. The molecule has 0 radical (unpaired) electrons. The summed E-state index contributed by atoms with van der Waals surface area (Å²) in [5, 5.41) is 2.32. The zero-order valence-corrected chi connectivity index (χ0v) is 15.1. The fraction of sp³-hybridized carbons (Fsp3) is 0.100. The largest absolute Gasteiger partial charge is 0.252 e. The fourth-order valence-corrected chi connectivity index (χ4v) is 3.80. The van der Waals surface area contributed by atoms with Crippen molar-refractivity contribution in [3.05, 3.63) is 84.2 Å². The molecular weight excluding hydrogens is 348 g/mol. The lowest BCUT2D eigenvalue weighted by molar-refractivity contribution is 0.753. The Hall–Kier alpha value is -2.08. The smallest absolute Gasteiger partial charge is 0.0705 e. The first-order chi connectivity index (χ1) is 12.4. The molecule has 0 amide bonds. The average molecular weight is 364 g/mol. The van der Waals surface area contributed by atoms with Gasteiger partial charge in [-0.25, -0.2) is 3.63 Å². The van der Waals surface area contributed by atoms with Gasteiger partial charge in [0.1, 0.15) is 0 Å². The van der Waals surface area contributed by atoms with Crippen molar-refractivity contribution < 1.29 is 3.63 Å². The van der Waals surface area contributed by atoms with Gasteiger partial charge in [-0.05, 0) is 24.3 Å². The van der Waals surface area contributed by atoms with Crippen molar-refractivity contribution in [2.45, 2.75) is 11.5 Å². The highest BCUT2D eigenvalue weighted by atomic mass is 32.2. The van der Waals surface area contributed by atoms with Crippen molar-refractivity contribution >= 4 is 45.9 Å². The van der Waals surface area contributed by atoms with Gasteiger partial charge in [0.2, 0.25) is 0 Å². The third-order valence-corrected chi connectivity index (χ3v) is 5.42. The van der Waals surface area contributed by atoms with Crippen LogP contribution in [0.4, 0.5) is 0 Å². The molecule has 124 valence electrons. The van der Waals surface area contributed by atoms with Crippen LogP contribution >= 0.6 is 24.1 Å². The van der Waals surface area contributed by atoms with Crippen molar-refractivity contribution in [3.8, 4) is 0 Å². The molecule has 0 saturated heterocycles. The first-order valence-electron chi connectivity index (χ1n) is 7.99. The normalized spacial score (nSPS) is 11.2. The van der Waals surface area contributed by atoms with Gasteiger partial charge in [-0.15, -0.1) is 0 Å². The Labute approximate surface area is 155 Å². The topological polar surface area (TPSA) is 35.0 Å². The molecule has 0 aliphatic rings. The summed E-state index contributed by atoms with van der Waals surface area (Å²) in [7, 11) is 0. The number of hydrogen-bond acceptors (Lipinski definition) is 5. The summed E-state index contributed by atoms with van der Waals surface area (Å²) in [6.45, 7) is 0. The summed E-state index contributed by atoms with van der Waals surface area (Å²) >= 11 is 2.82. The maximum Gasteiger partial charge on any atom is 0.0705 e. The average Bonchev–Trinajstić information content (AvgIpc) is 2.67. The second kappa shape index (κ2) is 7.87. The first kappa shape index (κ1) is 16.4. The fourth-order valence-electron chi connectivity index (χ4n) is 2.58. The van der Waals surface area contributed by atoms with Crippen LogP contribution in [0.1, 0.15) is 11.4 Å². The molecule has 0 fully saturated rings. The lowest BCUT2D eigenvalue weighted by Gasteiger charge is -2.04. The summed E-state index contributed by atoms with van der Waals surface area (Å²) in [5.74, 6) is 1.45. The summed E-state index contributed by atoms with van der Waals surface area (Å²) in [5.41, 5.74) is 4.09. The van der Waals surface area contributed by atoms with Crippen molar-refractivity contribution in [1.29, 1.82) is 0 Å². The highest BCUT2D eigenvalue weighted by molar-refractivity contribution is 8.07. The van der Waals surface area contributed by atoms with Crippen LogP contribution in [-0.4, -0.2) is 9.97 Å². The second-order valence-corrected chi connectivity index (χ2v) is 7.18. The molecule has 0 saturated carbocycles. The zero-order chi connectivity index (χ0) is 16.9. The molecule has 25 heavy (non-hydrogen) atoms. The van der Waals surface area contributed by atoms with E-state index in [1.165, 1.54) is 24.1 Å². The van der Waals surface area contributed by atoms with Gasteiger partial charge in [0.05, 0.1) is 33.9 Å². The highest BCUT2D eigenvalue weighted by Crippen LogP contribution is 2.23. The molecule has 2 aromatic carbocycles. The maximum atomic E-state index is 5.62. The minimum atomic E-state index is 0.725.